The van der Waals surface area contributed by atoms with Crippen molar-refractivity contribution in [3.8, 4) is 0 Å². The van der Waals surface area contributed by atoms with Gasteiger partial charge in [-0.25, -0.2) is 0 Å². The maximum absolute atomic E-state index is 9.00. The summed E-state index contributed by atoms with van der Waals surface area (Å²) in [6.07, 6.45) is 3.75. The second-order valence-corrected chi connectivity index (χ2v) is 14.0. The second kappa shape index (κ2) is 130. The quantitative estimate of drug-likeness (QED) is 0.0953. The zero-order valence-electron chi connectivity index (χ0n) is 57.6. The van der Waals surface area contributed by atoms with Gasteiger partial charge in [-0.05, 0) is 34.6 Å². The van der Waals surface area contributed by atoms with Crippen molar-refractivity contribution in [3.63, 3.8) is 0 Å². The third-order valence-electron chi connectivity index (χ3n) is 6.17. The normalized spacial score (nSPS) is 6.66. The molecule has 0 saturated carbocycles. The molecule has 0 spiro atoms. The van der Waals surface area contributed by atoms with E-state index in [1.54, 1.807) is 0 Å². The highest BCUT2D eigenvalue weighted by atomic mass is 31.0. The van der Waals surface area contributed by atoms with Gasteiger partial charge in [0.05, 0.1) is 0 Å². The fourth-order valence-electron chi connectivity index (χ4n) is 3.51. The number of carbonyl (C=O) groups is 2. The Balaban J connectivity index is -0.0000000358. The van der Waals surface area contributed by atoms with Gasteiger partial charge in [0.15, 0.2) is 6.71 Å². The van der Waals surface area contributed by atoms with Gasteiger partial charge in [0, 0.05) is 13.8 Å². The first-order valence-corrected chi connectivity index (χ1v) is 28.5. The van der Waals surface area contributed by atoms with E-state index in [-0.39, 0.29) is 39.5 Å². The van der Waals surface area contributed by atoms with Gasteiger partial charge >= 0.3 is 0 Å². The molecule has 80 heavy (non-hydrogen) atoms. The highest BCUT2D eigenvalue weighted by molar-refractivity contribution is 6.92. The number of carboxylic acid groups (broad SMARTS) is 2. The molecule has 6 aromatic rings. The minimum atomic E-state index is -0.833. The molecule has 2 unspecified atom stereocenters. The average Bonchev–Trinajstić information content (AvgIpc) is 3.43. The predicted octanol–water partition coefficient (Wildman–Crippen LogP) is 24.3. The van der Waals surface area contributed by atoms with Gasteiger partial charge in [0.1, 0.15) is 0 Å². The molecule has 0 aliphatic carbocycles. The van der Waals surface area contributed by atoms with E-state index >= 15 is 0 Å². The van der Waals surface area contributed by atoms with Crippen molar-refractivity contribution in [2.45, 2.75) is 227 Å². The lowest BCUT2D eigenvalue weighted by Crippen LogP contribution is -2.21. The molecular weight excluding hydrogens is 1020 g/mol. The lowest BCUT2D eigenvalue weighted by atomic mass is 9.49. The summed E-state index contributed by atoms with van der Waals surface area (Å²) in [5.41, 5.74) is 8.02. The van der Waals surface area contributed by atoms with E-state index in [0.29, 0.717) is 6.71 Å². The molecule has 0 aromatic heterocycles. The first-order valence-electron chi connectivity index (χ1n) is 28.5. The van der Waals surface area contributed by atoms with Crippen molar-refractivity contribution >= 4 is 43.9 Å². The number of aliphatic carboxylic acids is 2. The summed E-state index contributed by atoms with van der Waals surface area (Å²) >= 11 is 0. The molecule has 0 aliphatic heterocycles. The summed E-state index contributed by atoms with van der Waals surface area (Å²) in [6.45, 7) is 58.4. The Kier molecular flexibility index (Phi) is 199. The molecule has 2 atom stereocenters. The lowest BCUT2D eigenvalue weighted by molar-refractivity contribution is -0.135. The molecule has 6 nitrogen and oxygen atoms in total. The van der Waals surface area contributed by atoms with E-state index in [2.05, 4.69) is 175 Å². The third kappa shape index (κ3) is 171. The number of hydrogen-bond donors (Lipinski definition) is 4. The zero-order valence-corrected chi connectivity index (χ0v) is 60.4. The molecule has 0 amide bonds. The molecule has 0 heterocycles. The molecule has 0 saturated heterocycles. The summed E-state index contributed by atoms with van der Waals surface area (Å²) in [5.74, 6) is -1.67. The number of benzene rings is 6. The van der Waals surface area contributed by atoms with E-state index in [9.17, 15) is 0 Å². The SMILES string of the molecule is C.CB(C)c1ccccc1.CC.CC.CC.CC.CC.CC.CC.CC(=O)O.CC(=O)O.CCC.CCC.CCC.Cc1ccccc1.Cc1ccccc1.Cc1ccccc1.Cc1ccccc1.Cc1ccccc1.N.N.P.P. The van der Waals surface area contributed by atoms with Crippen molar-refractivity contribution < 1.29 is 19.8 Å². The van der Waals surface area contributed by atoms with Crippen molar-refractivity contribution in [3.05, 3.63) is 210 Å². The van der Waals surface area contributed by atoms with Crippen LogP contribution < -0.4 is 17.8 Å². The molecule has 9 heteroatoms. The van der Waals surface area contributed by atoms with Crippen LogP contribution in [0.3, 0.4) is 0 Å². The number of hydrogen-bond acceptors (Lipinski definition) is 4. The van der Waals surface area contributed by atoms with Gasteiger partial charge in [-0.15, -0.1) is 0 Å². The molecule has 0 radical (unpaired) electrons. The number of aryl methyl sites for hydroxylation is 5. The summed E-state index contributed by atoms with van der Waals surface area (Å²) < 4.78 is 0. The Bertz CT molecular complexity index is 1470. The number of carboxylic acids is 2. The minimum Gasteiger partial charge on any atom is -0.481 e. The molecule has 472 valence electrons. The van der Waals surface area contributed by atoms with Crippen molar-refractivity contribution in [2.24, 2.45) is 0 Å². The fourth-order valence-corrected chi connectivity index (χ4v) is 3.51. The van der Waals surface area contributed by atoms with E-state index < -0.39 is 11.9 Å². The van der Waals surface area contributed by atoms with Crippen LogP contribution in [-0.2, 0) is 9.59 Å². The summed E-state index contributed by atoms with van der Waals surface area (Å²) in [4.78, 5) is 18.0. The third-order valence-corrected chi connectivity index (χ3v) is 6.17. The maximum Gasteiger partial charge on any atom is 0.300 e. The molecule has 0 aliphatic rings. The largest absolute Gasteiger partial charge is 0.481 e. The first kappa shape index (κ1) is 122. The number of rotatable bonds is 1. The molecule has 0 fully saturated rings. The summed E-state index contributed by atoms with van der Waals surface area (Å²) in [5, 5.41) is 14.8. The molecule has 6 rings (SSSR count). The zero-order chi connectivity index (χ0) is 61.5. The van der Waals surface area contributed by atoms with E-state index in [4.69, 9.17) is 19.8 Å². The van der Waals surface area contributed by atoms with Gasteiger partial charge in [-0.3, -0.25) is 9.59 Å². The van der Waals surface area contributed by atoms with Crippen LogP contribution in [0, 0.1) is 34.6 Å². The first-order chi connectivity index (χ1) is 36.0. The summed E-state index contributed by atoms with van der Waals surface area (Å²) in [6, 6.07) is 61.8. The van der Waals surface area contributed by atoms with Crippen molar-refractivity contribution in [2.75, 3.05) is 0 Å². The van der Waals surface area contributed by atoms with Gasteiger partial charge in [-0.1, -0.05) is 394 Å². The van der Waals surface area contributed by atoms with Crippen molar-refractivity contribution in [1.82, 2.24) is 12.3 Å². The summed E-state index contributed by atoms with van der Waals surface area (Å²) in [7, 11) is 0. The van der Waals surface area contributed by atoms with E-state index in [1.165, 1.54) is 52.5 Å². The van der Waals surface area contributed by atoms with Crippen molar-refractivity contribution in [1.29, 1.82) is 0 Å². The topological polar surface area (TPSA) is 145 Å². The van der Waals surface area contributed by atoms with Crippen LogP contribution in [0.2, 0.25) is 13.6 Å². The van der Waals surface area contributed by atoms with Crippen LogP contribution in [0.1, 0.15) is 207 Å². The van der Waals surface area contributed by atoms with Gasteiger partial charge in [0.25, 0.3) is 11.9 Å². The van der Waals surface area contributed by atoms with Crippen LogP contribution >= 0.6 is 19.8 Å². The Labute approximate surface area is 510 Å². The van der Waals surface area contributed by atoms with Gasteiger partial charge in [-0.2, -0.15) is 19.8 Å². The predicted molar refractivity (Wildman–Crippen MR) is 392 cm³/mol. The Morgan fingerprint density at radius 2 is 0.400 bits per heavy atom. The van der Waals surface area contributed by atoms with Gasteiger partial charge in [0.2, 0.25) is 0 Å². The van der Waals surface area contributed by atoms with Crippen LogP contribution in [0.15, 0.2) is 182 Å². The Morgan fingerprint density at radius 3 is 0.450 bits per heavy atom. The van der Waals surface area contributed by atoms with Crippen LogP contribution in [0.4, 0.5) is 0 Å². The highest BCUT2D eigenvalue weighted by Gasteiger charge is 1.98. The Morgan fingerprint density at radius 1 is 0.312 bits per heavy atom. The molecular formula is C71H141BN2O4P2. The smallest absolute Gasteiger partial charge is 0.300 e. The van der Waals surface area contributed by atoms with Crippen LogP contribution in [-0.4, -0.2) is 28.9 Å². The van der Waals surface area contributed by atoms with E-state index in [1.807, 2.05) is 194 Å². The van der Waals surface area contributed by atoms with E-state index in [0.717, 1.165) is 13.8 Å². The maximum atomic E-state index is 9.00. The molecule has 0 bridgehead atoms. The standard InChI is InChI=1S/C8H11B.5C7H8.3C3H8.2C2H4O2.7C2H6.CH4.2H3N.2H3P/c1-9(2)8-6-4-3-5-7-8;5*1-7-5-3-2-4-6-7;3*1-3-2;2*1-2(3)4;7*1-2;;;;;/h3-7H,1-2H3;5*2-6H,1H3;3*3H2,1-2H3;2*1H3,(H,3,4);7*1-2H3;1H4;4*1H3. The molecule has 6 aromatic carbocycles. The lowest BCUT2D eigenvalue weighted by Gasteiger charge is -1.98. The average molecular weight is 1160 g/mol. The Hall–Kier alpha value is -4.90. The molecule has 8 N–H and O–H groups in total. The monoisotopic (exact) mass is 1160 g/mol. The fraction of sp³-hybridized carbons (Fsp3) is 0.465. The minimum absolute atomic E-state index is 0. The van der Waals surface area contributed by atoms with Gasteiger partial charge < -0.3 is 22.5 Å². The van der Waals surface area contributed by atoms with Crippen LogP contribution in [0.5, 0.6) is 0 Å². The van der Waals surface area contributed by atoms with Crippen LogP contribution in [0.25, 0.3) is 0 Å². The second-order valence-electron chi connectivity index (χ2n) is 14.0. The highest BCUT2D eigenvalue weighted by Crippen LogP contribution is 1.95.